The van der Waals surface area contributed by atoms with Crippen molar-refractivity contribution in [3.8, 4) is 0 Å². The van der Waals surface area contributed by atoms with Crippen molar-refractivity contribution in [2.24, 2.45) is 0 Å². The van der Waals surface area contributed by atoms with Crippen molar-refractivity contribution in [1.82, 2.24) is 0 Å². The Balaban J connectivity index is 2.99. The third kappa shape index (κ3) is 3.06. The van der Waals surface area contributed by atoms with Gasteiger partial charge in [-0.05, 0) is 56.7 Å². The topological polar surface area (TPSA) is 26.3 Å². The Kier molecular flexibility index (Phi) is 4.40. The second-order valence-corrected chi connectivity index (χ2v) is 4.59. The quantitative estimate of drug-likeness (QED) is 0.455. The van der Waals surface area contributed by atoms with Gasteiger partial charge in [-0.15, -0.1) is 0 Å². The van der Waals surface area contributed by atoms with Crippen molar-refractivity contribution in [3.05, 3.63) is 31.8 Å². The molecule has 2 nitrogen and oxygen atoms in total. The lowest BCUT2D eigenvalue weighted by Gasteiger charge is -2.04. The van der Waals surface area contributed by atoms with Crippen LogP contribution in [0.2, 0.25) is 0 Å². The molecule has 0 saturated heterocycles. The standard InChI is InChI=1S/C8H5BrIO2Si/c9-7-2-1-5(10)3-6(7)8(11)12-4-13/h1-3H,4H2. The fraction of sp³-hybridized carbons (Fsp3) is 0.125. The smallest absolute Gasteiger partial charge is 0.338 e. The van der Waals surface area contributed by atoms with Gasteiger partial charge < -0.3 is 4.74 Å². The second kappa shape index (κ2) is 5.11. The van der Waals surface area contributed by atoms with Crippen molar-refractivity contribution in [1.29, 1.82) is 0 Å². The molecule has 0 aliphatic heterocycles. The van der Waals surface area contributed by atoms with Crippen LogP contribution < -0.4 is 0 Å². The Labute approximate surface area is 102 Å². The van der Waals surface area contributed by atoms with Crippen LogP contribution >= 0.6 is 38.5 Å². The average Bonchev–Trinajstić information content (AvgIpc) is 2.09. The number of esters is 1. The van der Waals surface area contributed by atoms with Crippen molar-refractivity contribution in [3.63, 3.8) is 0 Å². The minimum atomic E-state index is -0.333. The Morgan fingerprint density at radius 1 is 1.62 bits per heavy atom. The molecule has 13 heavy (non-hydrogen) atoms. The van der Waals surface area contributed by atoms with Gasteiger partial charge >= 0.3 is 5.97 Å². The van der Waals surface area contributed by atoms with E-state index < -0.39 is 0 Å². The summed E-state index contributed by atoms with van der Waals surface area (Å²) in [7, 11) is 3.08. The first-order valence-corrected chi connectivity index (χ1v) is 6.00. The number of ether oxygens (including phenoxy) is 1. The highest BCUT2D eigenvalue weighted by Gasteiger charge is 2.10. The van der Waals surface area contributed by atoms with Crippen LogP contribution in [-0.2, 0) is 4.74 Å². The molecule has 0 aliphatic carbocycles. The van der Waals surface area contributed by atoms with E-state index in [1.54, 1.807) is 6.07 Å². The second-order valence-electron chi connectivity index (χ2n) is 2.20. The molecule has 0 fully saturated rings. The van der Waals surface area contributed by atoms with E-state index in [4.69, 9.17) is 4.74 Å². The van der Waals surface area contributed by atoms with Crippen LogP contribution in [-0.4, -0.2) is 22.4 Å². The van der Waals surface area contributed by atoms with E-state index in [1.807, 2.05) is 12.1 Å². The minimum absolute atomic E-state index is 0.205. The van der Waals surface area contributed by atoms with Crippen molar-refractivity contribution >= 4 is 54.7 Å². The van der Waals surface area contributed by atoms with Crippen molar-refractivity contribution in [2.75, 3.05) is 6.23 Å². The van der Waals surface area contributed by atoms with Crippen LogP contribution in [0.15, 0.2) is 22.7 Å². The Morgan fingerprint density at radius 2 is 2.31 bits per heavy atom. The molecule has 0 unspecified atom stereocenters. The first kappa shape index (κ1) is 11.2. The fourth-order valence-electron chi connectivity index (χ4n) is 0.797. The molecular formula is C8H5BrIO2Si. The molecule has 1 aromatic carbocycles. The molecule has 0 aliphatic rings. The van der Waals surface area contributed by atoms with Gasteiger partial charge in [0.1, 0.15) is 0 Å². The molecule has 0 spiro atoms. The van der Waals surface area contributed by atoms with Gasteiger partial charge in [-0.25, -0.2) is 4.79 Å². The molecule has 0 bridgehead atoms. The average molecular weight is 368 g/mol. The lowest BCUT2D eigenvalue weighted by Crippen LogP contribution is -2.07. The van der Waals surface area contributed by atoms with Crippen molar-refractivity contribution < 1.29 is 9.53 Å². The summed E-state index contributed by atoms with van der Waals surface area (Å²) >= 11 is 5.42. The summed E-state index contributed by atoms with van der Waals surface area (Å²) in [6, 6.07) is 5.51. The molecule has 0 saturated carbocycles. The van der Waals surface area contributed by atoms with Crippen LogP contribution in [0.4, 0.5) is 0 Å². The fourth-order valence-corrected chi connectivity index (χ4v) is 1.83. The van der Waals surface area contributed by atoms with Gasteiger partial charge in [-0.1, -0.05) is 0 Å². The maximum absolute atomic E-state index is 11.3. The lowest BCUT2D eigenvalue weighted by molar-refractivity contribution is 0.0572. The third-order valence-electron chi connectivity index (χ3n) is 1.35. The molecule has 1 rings (SSSR count). The molecule has 0 N–H and O–H groups in total. The zero-order chi connectivity index (χ0) is 9.84. The van der Waals surface area contributed by atoms with Gasteiger partial charge in [0.15, 0.2) is 0 Å². The number of carbonyl (C=O) groups is 1. The molecule has 67 valence electrons. The summed E-state index contributed by atoms with van der Waals surface area (Å²) in [5.74, 6) is -0.333. The van der Waals surface area contributed by atoms with E-state index in [-0.39, 0.29) is 12.2 Å². The van der Waals surface area contributed by atoms with E-state index in [0.29, 0.717) is 5.56 Å². The zero-order valence-electron chi connectivity index (χ0n) is 6.51. The number of benzene rings is 1. The highest BCUT2D eigenvalue weighted by Crippen LogP contribution is 2.20. The van der Waals surface area contributed by atoms with Gasteiger partial charge in [0.05, 0.1) is 22.0 Å². The Bertz CT molecular complexity index is 330. The maximum atomic E-state index is 11.3. The summed E-state index contributed by atoms with van der Waals surface area (Å²) < 4.78 is 6.55. The number of hydrogen-bond acceptors (Lipinski definition) is 2. The first-order valence-electron chi connectivity index (χ1n) is 3.42. The monoisotopic (exact) mass is 367 g/mol. The van der Waals surface area contributed by atoms with E-state index in [0.717, 1.165) is 8.04 Å². The normalized spacial score (nSPS) is 9.77. The Morgan fingerprint density at radius 3 is 2.92 bits per heavy atom. The highest BCUT2D eigenvalue weighted by atomic mass is 127. The highest BCUT2D eigenvalue weighted by molar-refractivity contribution is 14.1. The van der Waals surface area contributed by atoms with Gasteiger partial charge in [-0.3, -0.25) is 0 Å². The van der Waals surface area contributed by atoms with Crippen LogP contribution in [0.1, 0.15) is 10.4 Å². The van der Waals surface area contributed by atoms with E-state index in [2.05, 4.69) is 48.8 Å². The molecule has 3 radical (unpaired) electrons. The predicted molar refractivity (Wildman–Crippen MR) is 62.9 cm³/mol. The largest absolute Gasteiger partial charge is 0.467 e. The maximum Gasteiger partial charge on any atom is 0.338 e. The summed E-state index contributed by atoms with van der Waals surface area (Å²) in [6.07, 6.45) is 0.205. The van der Waals surface area contributed by atoms with Gasteiger partial charge in [0.25, 0.3) is 0 Å². The molecule has 1 aromatic rings. The van der Waals surface area contributed by atoms with Gasteiger partial charge in [0, 0.05) is 8.04 Å². The predicted octanol–water partition coefficient (Wildman–Crippen LogP) is 2.34. The van der Waals surface area contributed by atoms with Gasteiger partial charge in [0.2, 0.25) is 0 Å². The lowest BCUT2D eigenvalue weighted by atomic mass is 10.2. The van der Waals surface area contributed by atoms with Gasteiger partial charge in [-0.2, -0.15) is 0 Å². The van der Waals surface area contributed by atoms with Crippen LogP contribution in [0.25, 0.3) is 0 Å². The third-order valence-corrected chi connectivity index (χ3v) is 2.86. The molecular weight excluding hydrogens is 363 g/mol. The summed E-state index contributed by atoms with van der Waals surface area (Å²) in [5, 5.41) is 0. The number of carbonyl (C=O) groups excluding carboxylic acids is 1. The summed E-state index contributed by atoms with van der Waals surface area (Å²) in [6.45, 7) is 0. The van der Waals surface area contributed by atoms with Crippen LogP contribution in [0, 0.1) is 3.57 Å². The van der Waals surface area contributed by atoms with E-state index in [9.17, 15) is 4.79 Å². The Hall–Kier alpha value is 0.117. The summed E-state index contributed by atoms with van der Waals surface area (Å²) in [4.78, 5) is 11.3. The number of halogens is 2. The minimum Gasteiger partial charge on any atom is -0.467 e. The number of hydrogen-bond donors (Lipinski definition) is 0. The van der Waals surface area contributed by atoms with Crippen LogP contribution in [0.3, 0.4) is 0 Å². The molecule has 0 amide bonds. The summed E-state index contributed by atoms with van der Waals surface area (Å²) in [5.41, 5.74) is 0.546. The molecule has 0 aromatic heterocycles. The number of rotatable bonds is 2. The molecule has 0 heterocycles. The molecule has 5 heteroatoms. The van der Waals surface area contributed by atoms with E-state index >= 15 is 0 Å². The SMILES string of the molecule is O=C(OC[Si])c1cc(I)ccc1Br. The van der Waals surface area contributed by atoms with Crippen LogP contribution in [0.5, 0.6) is 0 Å². The van der Waals surface area contributed by atoms with Crippen molar-refractivity contribution in [2.45, 2.75) is 0 Å². The molecule has 0 atom stereocenters. The first-order chi connectivity index (χ1) is 6.15. The zero-order valence-corrected chi connectivity index (χ0v) is 11.3. The van der Waals surface area contributed by atoms with E-state index in [1.165, 1.54) is 0 Å².